The molecule has 2 aromatic carbocycles. The molecular formula is C65H83NO7. The Kier molecular flexibility index (Phi) is 12.6. The smallest absolute Gasteiger partial charge is 0.264 e. The number of benzene rings is 2. The summed E-state index contributed by atoms with van der Waals surface area (Å²) in [6, 6.07) is 16.0. The number of fused-ring (bicyclic) bond motifs is 11. The van der Waals surface area contributed by atoms with Gasteiger partial charge in [-0.3, -0.25) is 9.59 Å². The largest absolute Gasteiger partial charge is 0.448 e. The van der Waals surface area contributed by atoms with E-state index in [9.17, 15) is 19.8 Å². The van der Waals surface area contributed by atoms with Crippen molar-refractivity contribution in [3.63, 3.8) is 0 Å². The highest BCUT2D eigenvalue weighted by molar-refractivity contribution is 5.92. The van der Waals surface area contributed by atoms with Crippen molar-refractivity contribution < 1.29 is 34.0 Å². The van der Waals surface area contributed by atoms with Crippen molar-refractivity contribution in [1.29, 1.82) is 0 Å². The summed E-state index contributed by atoms with van der Waals surface area (Å²) in [6.45, 7) is 19.5. The maximum Gasteiger partial charge on any atom is 0.264 e. The average molecular weight is 990 g/mol. The molecule has 11 rings (SSSR count). The summed E-state index contributed by atoms with van der Waals surface area (Å²) < 4.78 is 19.6. The highest BCUT2D eigenvalue weighted by Crippen LogP contribution is 2.70. The third-order valence-electron chi connectivity index (χ3n) is 21.1. The molecule has 8 nitrogen and oxygen atoms in total. The summed E-state index contributed by atoms with van der Waals surface area (Å²) in [5.74, 6) is 19.4. The Labute approximate surface area is 436 Å². The van der Waals surface area contributed by atoms with E-state index >= 15 is 0 Å². The van der Waals surface area contributed by atoms with Crippen molar-refractivity contribution in [1.82, 2.24) is 0 Å². The lowest BCUT2D eigenvalue weighted by molar-refractivity contribution is -0.118. The van der Waals surface area contributed by atoms with E-state index in [1.807, 2.05) is 32.1 Å². The Morgan fingerprint density at radius 1 is 0.671 bits per heavy atom. The standard InChI is InChI=1S/C65H83NO7/c1-39(2)66(10)44-16-11-40(12-17-44)51-36-62(8)53(49-20-13-41-33-45(67)18-22-47(41)58(49)51)26-28-65(62,70)32-30-61(6,7)71-38-57-72-55-24-15-43(35-56(55)73-57)52-37-63(9)54(25-27-64(63,69)31-29-60(3,4)5)50-21-14-42-34-46(68)19-23-48(42)59(50)52/h11-12,15-17,24,33-35,39,47-54,57-59,69-70H,13-14,18-23,25-28,36-38H2,1-10H3/t47-,48-,49-,50-,51+,52+,53-,54-,57?,58+,59+,62-,63-,64+,65+/m0/s1. The molecule has 2 aromatic rings. The molecule has 0 radical (unpaired) electrons. The Morgan fingerprint density at radius 2 is 1.18 bits per heavy atom. The van der Waals surface area contributed by atoms with Crippen LogP contribution in [-0.2, 0) is 14.3 Å². The zero-order valence-electron chi connectivity index (χ0n) is 45.6. The fraction of sp³-hybridized carbons (Fsp3) is 0.662. The average Bonchev–Trinajstić information content (AvgIpc) is 3.98. The quantitative estimate of drug-likeness (QED) is 0.264. The Hall–Kier alpha value is -4.34. The minimum absolute atomic E-state index is 0.156. The van der Waals surface area contributed by atoms with Crippen LogP contribution in [0, 0.1) is 87.3 Å². The van der Waals surface area contributed by atoms with Crippen LogP contribution in [0.4, 0.5) is 5.69 Å². The number of rotatable bonds is 7. The fourth-order valence-electron chi connectivity index (χ4n) is 17.2. The summed E-state index contributed by atoms with van der Waals surface area (Å²) in [7, 11) is 2.15. The molecule has 73 heavy (non-hydrogen) atoms. The molecule has 15 atom stereocenters. The van der Waals surface area contributed by atoms with E-state index in [2.05, 4.69) is 120 Å². The van der Waals surface area contributed by atoms with Gasteiger partial charge in [0.15, 0.2) is 23.1 Å². The molecule has 390 valence electrons. The molecule has 9 aliphatic rings. The molecule has 0 bridgehead atoms. The molecular weight excluding hydrogens is 907 g/mol. The predicted molar refractivity (Wildman–Crippen MR) is 287 cm³/mol. The molecule has 1 unspecified atom stereocenters. The molecule has 8 aliphatic carbocycles. The van der Waals surface area contributed by atoms with Gasteiger partial charge in [-0.2, -0.15) is 0 Å². The Balaban J connectivity index is 0.815. The first kappa shape index (κ1) is 50.8. The third kappa shape index (κ3) is 8.74. The Morgan fingerprint density at radius 3 is 1.71 bits per heavy atom. The van der Waals surface area contributed by atoms with Gasteiger partial charge < -0.3 is 29.3 Å². The first-order valence-corrected chi connectivity index (χ1v) is 28.4. The van der Waals surface area contributed by atoms with Crippen LogP contribution in [0.2, 0.25) is 0 Å². The second-order valence-corrected chi connectivity index (χ2v) is 26.9. The number of anilines is 1. The van der Waals surface area contributed by atoms with Gasteiger partial charge in [0, 0.05) is 47.9 Å². The molecule has 2 N–H and O–H groups in total. The number of carbonyl (C=O) groups excluding carboxylic acids is 2. The summed E-state index contributed by atoms with van der Waals surface area (Å²) in [5.41, 5.74) is 2.27. The number of hydrogen-bond donors (Lipinski definition) is 2. The van der Waals surface area contributed by atoms with Crippen LogP contribution in [0.25, 0.3) is 0 Å². The van der Waals surface area contributed by atoms with Gasteiger partial charge in [-0.15, -0.1) is 0 Å². The van der Waals surface area contributed by atoms with Crippen molar-refractivity contribution >= 4 is 17.3 Å². The summed E-state index contributed by atoms with van der Waals surface area (Å²) >= 11 is 0. The van der Waals surface area contributed by atoms with Gasteiger partial charge in [-0.1, -0.05) is 66.9 Å². The van der Waals surface area contributed by atoms with Crippen LogP contribution < -0.4 is 14.4 Å². The fourth-order valence-corrected chi connectivity index (χ4v) is 17.2. The van der Waals surface area contributed by atoms with Gasteiger partial charge in [0.2, 0.25) is 0 Å². The molecule has 6 fully saturated rings. The second kappa shape index (κ2) is 18.2. The molecule has 0 spiro atoms. The molecule has 0 aromatic heterocycles. The third-order valence-corrected chi connectivity index (χ3v) is 21.1. The lowest BCUT2D eigenvalue weighted by Gasteiger charge is -2.58. The van der Waals surface area contributed by atoms with E-state index in [0.717, 1.165) is 64.2 Å². The van der Waals surface area contributed by atoms with Crippen molar-refractivity contribution in [3.8, 4) is 35.2 Å². The second-order valence-electron chi connectivity index (χ2n) is 26.9. The lowest BCUT2D eigenvalue weighted by Crippen LogP contribution is -2.54. The molecule has 0 amide bonds. The summed E-state index contributed by atoms with van der Waals surface area (Å²) in [6.07, 6.45) is 15.3. The predicted octanol–water partition coefficient (Wildman–Crippen LogP) is 12.3. The van der Waals surface area contributed by atoms with Gasteiger partial charge in [0.1, 0.15) is 23.4 Å². The van der Waals surface area contributed by atoms with E-state index < -0.39 is 28.5 Å². The zero-order chi connectivity index (χ0) is 51.6. The van der Waals surface area contributed by atoms with Crippen LogP contribution in [0.1, 0.15) is 175 Å². The maximum atomic E-state index is 13.0. The number of ketones is 2. The lowest BCUT2D eigenvalue weighted by atomic mass is 9.46. The van der Waals surface area contributed by atoms with Gasteiger partial charge >= 0.3 is 0 Å². The Bertz CT molecular complexity index is 2720. The minimum Gasteiger partial charge on any atom is -0.448 e. The van der Waals surface area contributed by atoms with Crippen LogP contribution in [0.15, 0.2) is 65.8 Å². The van der Waals surface area contributed by atoms with Crippen molar-refractivity contribution in [2.75, 3.05) is 18.6 Å². The van der Waals surface area contributed by atoms with Gasteiger partial charge in [0.05, 0.1) is 0 Å². The monoisotopic (exact) mass is 990 g/mol. The van der Waals surface area contributed by atoms with E-state index in [1.54, 1.807) is 0 Å². The van der Waals surface area contributed by atoms with E-state index in [4.69, 9.17) is 14.2 Å². The molecule has 0 saturated heterocycles. The molecule has 8 heteroatoms. The topological polar surface area (TPSA) is 106 Å². The first-order chi connectivity index (χ1) is 34.5. The minimum atomic E-state index is -1.18. The summed E-state index contributed by atoms with van der Waals surface area (Å²) in [4.78, 5) is 27.7. The van der Waals surface area contributed by atoms with Crippen LogP contribution in [0.3, 0.4) is 0 Å². The normalized spacial score (nSPS) is 39.3. The van der Waals surface area contributed by atoms with Crippen LogP contribution in [0.5, 0.6) is 11.5 Å². The molecule has 1 aliphatic heterocycles. The van der Waals surface area contributed by atoms with Crippen LogP contribution >= 0.6 is 0 Å². The van der Waals surface area contributed by atoms with E-state index in [1.165, 1.54) is 28.0 Å². The zero-order valence-corrected chi connectivity index (χ0v) is 45.6. The number of hydrogen-bond acceptors (Lipinski definition) is 8. The highest BCUT2D eigenvalue weighted by Gasteiger charge is 2.66. The maximum absolute atomic E-state index is 13.0. The van der Waals surface area contributed by atoms with Gasteiger partial charge in [-0.25, -0.2) is 0 Å². The number of carbonyl (C=O) groups is 2. The SMILES string of the molecule is CC(C)N(C)c1ccc([C@H]2C[C@@]3(C)[C@@H](CC[C@@]3(O)C#CC(C)(C)OCC3Oc4ccc([C@H]5C[C@@]6(C)[C@@H](CC[C@@]6(O)C#CC(C)(C)C)[C@@H]6CCC7=CC(=O)CC[C@@H]7[C@H]65)cc4O3)[C@@H]3CCC4=CC(=O)CC[C@@H]4[C@H]32)cc1. The molecule has 6 saturated carbocycles. The summed E-state index contributed by atoms with van der Waals surface area (Å²) in [5, 5.41) is 25.5. The number of nitrogens with zero attached hydrogens (tertiary/aromatic N) is 1. The van der Waals surface area contributed by atoms with Crippen LogP contribution in [-0.4, -0.2) is 64.6 Å². The van der Waals surface area contributed by atoms with Crippen molar-refractivity contribution in [2.24, 2.45) is 63.6 Å². The highest BCUT2D eigenvalue weighted by atomic mass is 16.7. The number of ether oxygens (including phenoxy) is 3. The molecule has 1 heterocycles. The number of aliphatic hydroxyl groups is 2. The van der Waals surface area contributed by atoms with Crippen molar-refractivity contribution in [2.45, 2.75) is 193 Å². The van der Waals surface area contributed by atoms with E-state index in [-0.39, 0.29) is 40.8 Å². The van der Waals surface area contributed by atoms with E-state index in [0.29, 0.717) is 90.6 Å². The van der Waals surface area contributed by atoms with Gasteiger partial charge in [-0.05, 0) is 232 Å². The first-order valence-electron chi connectivity index (χ1n) is 28.4. The number of allylic oxidation sites excluding steroid dienone is 2. The van der Waals surface area contributed by atoms with Gasteiger partial charge in [0.25, 0.3) is 6.29 Å². The van der Waals surface area contributed by atoms with Crippen molar-refractivity contribution in [3.05, 3.63) is 76.9 Å².